The summed E-state index contributed by atoms with van der Waals surface area (Å²) in [6.45, 7) is 5.81. The summed E-state index contributed by atoms with van der Waals surface area (Å²) in [4.78, 5) is 45.1. The van der Waals surface area contributed by atoms with Crippen molar-refractivity contribution in [2.45, 2.75) is 37.0 Å². The van der Waals surface area contributed by atoms with E-state index in [1.165, 1.54) is 48.7 Å². The first-order chi connectivity index (χ1) is 14.5. The number of aryl methyl sites for hydroxylation is 1. The Morgan fingerprint density at radius 2 is 1.84 bits per heavy atom. The summed E-state index contributed by atoms with van der Waals surface area (Å²) >= 11 is 1.24. The van der Waals surface area contributed by atoms with Crippen LogP contribution in [0, 0.1) is 10.1 Å². The van der Waals surface area contributed by atoms with Crippen molar-refractivity contribution in [3.63, 3.8) is 0 Å². The maximum Gasteiger partial charge on any atom is 0.332 e. The molecule has 1 aromatic carbocycles. The predicted molar refractivity (Wildman–Crippen MR) is 118 cm³/mol. The molecule has 2 heterocycles. The van der Waals surface area contributed by atoms with Crippen LogP contribution in [0.25, 0.3) is 11.0 Å². The van der Waals surface area contributed by atoms with Crippen LogP contribution in [-0.2, 0) is 25.3 Å². The number of nitro benzene ring substituents is 1. The van der Waals surface area contributed by atoms with Gasteiger partial charge in [0.05, 0.1) is 12.0 Å². The van der Waals surface area contributed by atoms with Crippen LogP contribution in [0.2, 0.25) is 0 Å². The second kappa shape index (κ2) is 8.14. The molecule has 0 unspecified atom stereocenters. The van der Waals surface area contributed by atoms with Gasteiger partial charge >= 0.3 is 5.69 Å². The minimum atomic E-state index is -0.493. The third-order valence-corrected chi connectivity index (χ3v) is 5.80. The van der Waals surface area contributed by atoms with Gasteiger partial charge in [0.1, 0.15) is 22.0 Å². The van der Waals surface area contributed by atoms with E-state index < -0.39 is 21.6 Å². The number of thioether (sulfide) groups is 1. The highest BCUT2D eigenvalue weighted by atomic mass is 32.2. The fourth-order valence-electron chi connectivity index (χ4n) is 3.01. The smallest absolute Gasteiger partial charge is 0.332 e. The van der Waals surface area contributed by atoms with Crippen LogP contribution in [0.3, 0.4) is 0 Å². The zero-order chi connectivity index (χ0) is 23.1. The second-order valence-electron chi connectivity index (χ2n) is 8.05. The Morgan fingerprint density at radius 1 is 1.16 bits per heavy atom. The molecular formula is C20H23N5O5S. The molecular weight excluding hydrogens is 422 g/mol. The van der Waals surface area contributed by atoms with Gasteiger partial charge in [-0.1, -0.05) is 20.8 Å². The molecule has 0 aliphatic heterocycles. The Bertz CT molecular complexity index is 1310. The lowest BCUT2D eigenvalue weighted by atomic mass is 9.96. The molecule has 0 saturated heterocycles. The minimum Gasteiger partial charge on any atom is -0.496 e. The molecule has 0 N–H and O–H groups in total. The van der Waals surface area contributed by atoms with Crippen LogP contribution in [0.1, 0.15) is 32.2 Å². The standard InChI is InChI=1S/C20H23N5O5S/c1-20(2,3)18-21-15-14(17(26)24(5)19(27)23(15)4)16(22-18)31-10-11-9-12(25(28)29)7-8-13(11)30-6/h7-9H,10H2,1-6H3. The van der Waals surface area contributed by atoms with Crippen molar-refractivity contribution in [3.05, 3.63) is 60.5 Å². The van der Waals surface area contributed by atoms with Crippen molar-refractivity contribution in [2.24, 2.45) is 14.1 Å². The zero-order valence-electron chi connectivity index (χ0n) is 18.1. The largest absolute Gasteiger partial charge is 0.496 e. The highest BCUT2D eigenvalue weighted by molar-refractivity contribution is 7.98. The molecule has 0 fully saturated rings. The summed E-state index contributed by atoms with van der Waals surface area (Å²) < 4.78 is 7.67. The maximum atomic E-state index is 12.9. The quantitative estimate of drug-likeness (QED) is 0.254. The van der Waals surface area contributed by atoms with Crippen LogP contribution in [0.4, 0.5) is 5.69 Å². The average Bonchev–Trinajstić information content (AvgIpc) is 2.72. The first kappa shape index (κ1) is 22.5. The van der Waals surface area contributed by atoms with Gasteiger partial charge in [-0.05, 0) is 6.07 Å². The molecule has 164 valence electrons. The first-order valence-corrected chi connectivity index (χ1v) is 10.4. The van der Waals surface area contributed by atoms with E-state index in [9.17, 15) is 19.7 Å². The molecule has 0 spiro atoms. The second-order valence-corrected chi connectivity index (χ2v) is 9.01. The van der Waals surface area contributed by atoms with Gasteiger partial charge in [-0.3, -0.25) is 24.0 Å². The van der Waals surface area contributed by atoms with Crippen LogP contribution in [0.5, 0.6) is 5.75 Å². The van der Waals surface area contributed by atoms with Crippen molar-refractivity contribution in [2.75, 3.05) is 7.11 Å². The molecule has 0 aliphatic carbocycles. The SMILES string of the molecule is COc1ccc([N+](=O)[O-])cc1CSc1nc(C(C)(C)C)nc2c1c(=O)n(C)c(=O)n2C. The molecule has 2 aromatic heterocycles. The highest BCUT2D eigenvalue weighted by Gasteiger charge is 2.24. The Balaban J connectivity index is 2.21. The van der Waals surface area contributed by atoms with E-state index in [1.807, 2.05) is 20.8 Å². The fraction of sp³-hybridized carbons (Fsp3) is 0.400. The Labute approximate surface area is 182 Å². The van der Waals surface area contributed by atoms with Crippen LogP contribution < -0.4 is 16.0 Å². The topological polar surface area (TPSA) is 122 Å². The van der Waals surface area contributed by atoms with Gasteiger partial charge < -0.3 is 4.74 Å². The van der Waals surface area contributed by atoms with Gasteiger partial charge in [0.2, 0.25) is 0 Å². The molecule has 10 nitrogen and oxygen atoms in total. The number of nitro groups is 1. The number of methoxy groups -OCH3 is 1. The van der Waals surface area contributed by atoms with Gasteiger partial charge in [-0.2, -0.15) is 0 Å². The molecule has 31 heavy (non-hydrogen) atoms. The van der Waals surface area contributed by atoms with Gasteiger partial charge in [0, 0.05) is 43.0 Å². The Morgan fingerprint density at radius 3 is 2.42 bits per heavy atom. The summed E-state index contributed by atoms with van der Waals surface area (Å²) in [6, 6.07) is 4.35. The molecule has 0 bridgehead atoms. The van der Waals surface area contributed by atoms with Crippen molar-refractivity contribution >= 4 is 28.5 Å². The Hall–Kier alpha value is -3.21. The van der Waals surface area contributed by atoms with E-state index in [1.54, 1.807) is 7.05 Å². The van der Waals surface area contributed by atoms with E-state index >= 15 is 0 Å². The van der Waals surface area contributed by atoms with E-state index in [4.69, 9.17) is 4.74 Å². The van der Waals surface area contributed by atoms with Crippen LogP contribution in [0.15, 0.2) is 32.8 Å². The zero-order valence-corrected chi connectivity index (χ0v) is 18.9. The molecule has 3 rings (SSSR count). The van der Waals surface area contributed by atoms with Crippen molar-refractivity contribution in [1.82, 2.24) is 19.1 Å². The third-order valence-electron chi connectivity index (χ3n) is 4.78. The summed E-state index contributed by atoms with van der Waals surface area (Å²) in [5, 5.41) is 11.8. The summed E-state index contributed by atoms with van der Waals surface area (Å²) in [5.74, 6) is 1.25. The number of ether oxygens (including phenoxy) is 1. The number of aromatic nitrogens is 4. The predicted octanol–water partition coefficient (Wildman–Crippen LogP) is 2.53. The minimum absolute atomic E-state index is 0.0577. The number of hydrogen-bond acceptors (Lipinski definition) is 8. The highest BCUT2D eigenvalue weighted by Crippen LogP contribution is 2.33. The van der Waals surface area contributed by atoms with Crippen molar-refractivity contribution in [3.8, 4) is 5.75 Å². The van der Waals surface area contributed by atoms with Crippen LogP contribution >= 0.6 is 11.8 Å². The first-order valence-electron chi connectivity index (χ1n) is 9.38. The normalized spacial score (nSPS) is 11.7. The van der Waals surface area contributed by atoms with Crippen LogP contribution in [-0.4, -0.2) is 31.1 Å². The lowest BCUT2D eigenvalue weighted by molar-refractivity contribution is -0.384. The number of rotatable bonds is 5. The molecule has 3 aromatic rings. The fourth-order valence-corrected chi connectivity index (χ4v) is 4.00. The van der Waals surface area contributed by atoms with Crippen molar-refractivity contribution < 1.29 is 9.66 Å². The van der Waals surface area contributed by atoms with E-state index in [0.29, 0.717) is 22.2 Å². The van der Waals surface area contributed by atoms with Crippen molar-refractivity contribution in [1.29, 1.82) is 0 Å². The number of nitrogens with zero attached hydrogens (tertiary/aromatic N) is 5. The van der Waals surface area contributed by atoms with E-state index in [0.717, 1.165) is 4.57 Å². The van der Waals surface area contributed by atoms with E-state index in [-0.39, 0.29) is 22.5 Å². The number of benzene rings is 1. The van der Waals surface area contributed by atoms with E-state index in [2.05, 4.69) is 9.97 Å². The Kier molecular flexibility index (Phi) is 5.90. The van der Waals surface area contributed by atoms with Gasteiger partial charge in [0.15, 0.2) is 5.65 Å². The number of non-ortho nitro benzene ring substituents is 1. The summed E-state index contributed by atoms with van der Waals surface area (Å²) in [7, 11) is 4.44. The average molecular weight is 446 g/mol. The molecule has 0 radical (unpaired) electrons. The molecule has 0 saturated carbocycles. The van der Waals surface area contributed by atoms with Gasteiger partial charge in [-0.15, -0.1) is 11.8 Å². The summed E-state index contributed by atoms with van der Waals surface area (Å²) in [5.41, 5.74) is -0.616. The number of hydrogen-bond donors (Lipinski definition) is 0. The molecule has 0 atom stereocenters. The van der Waals surface area contributed by atoms with Gasteiger partial charge in [0.25, 0.3) is 11.2 Å². The molecule has 0 aliphatic rings. The third kappa shape index (κ3) is 4.18. The van der Waals surface area contributed by atoms with Gasteiger partial charge in [-0.25, -0.2) is 14.8 Å². The maximum absolute atomic E-state index is 12.9. The lowest BCUT2D eigenvalue weighted by Gasteiger charge is -2.19. The lowest BCUT2D eigenvalue weighted by Crippen LogP contribution is -2.38. The molecule has 0 amide bonds. The summed E-state index contributed by atoms with van der Waals surface area (Å²) in [6.07, 6.45) is 0. The monoisotopic (exact) mass is 445 g/mol. The molecule has 11 heteroatoms. The number of fused-ring (bicyclic) bond motifs is 1.